The highest BCUT2D eigenvalue weighted by Gasteiger charge is 2.35. The zero-order valence-electron chi connectivity index (χ0n) is 17.5. The smallest absolute Gasteiger partial charge is 0.416 e. The Labute approximate surface area is 187 Å². The van der Waals surface area contributed by atoms with Crippen molar-refractivity contribution >= 4 is 18.0 Å². The number of rotatable bonds is 9. The fourth-order valence-corrected chi connectivity index (χ4v) is 2.95. The van der Waals surface area contributed by atoms with Gasteiger partial charge in [0.1, 0.15) is 18.7 Å². The van der Waals surface area contributed by atoms with Gasteiger partial charge in [-0.15, -0.1) is 0 Å². The summed E-state index contributed by atoms with van der Waals surface area (Å²) in [6, 6.07) is 9.65. The molecule has 0 saturated carbocycles. The summed E-state index contributed by atoms with van der Waals surface area (Å²) >= 11 is 0. The summed E-state index contributed by atoms with van der Waals surface area (Å²) in [7, 11) is 0. The number of alkyl carbamates (subject to hydrolysis) is 1. The van der Waals surface area contributed by atoms with Gasteiger partial charge in [0.25, 0.3) is 0 Å². The minimum atomic E-state index is -4.71. The first kappa shape index (κ1) is 25.7. The maximum absolute atomic E-state index is 13.2. The van der Waals surface area contributed by atoms with Crippen LogP contribution in [0.5, 0.6) is 0 Å². The van der Waals surface area contributed by atoms with Gasteiger partial charge in [0.15, 0.2) is 0 Å². The van der Waals surface area contributed by atoms with Gasteiger partial charge in [-0.2, -0.15) is 13.2 Å². The lowest BCUT2D eigenvalue weighted by Crippen LogP contribution is -2.56. The van der Waals surface area contributed by atoms with Gasteiger partial charge in [-0.3, -0.25) is 4.79 Å². The molecule has 2 amide bonds. The second-order valence-corrected chi connectivity index (χ2v) is 7.18. The van der Waals surface area contributed by atoms with Crippen molar-refractivity contribution < 1.29 is 42.5 Å². The third-order valence-corrected chi connectivity index (χ3v) is 4.61. The lowest BCUT2D eigenvalue weighted by atomic mass is 9.99. The molecule has 0 aliphatic heterocycles. The standard InChI is InChI=1S/C22H23F3N2O6/c1-13(28)18(27-21(32)33-12-14-7-3-2-4-8-14)19(29)26-17(20(30)31)11-15-9-5-6-10-16(15)22(23,24)25/h2-10,13,17-18,28H,11-12H2,1H3,(H,26,29)(H,27,32)(H,30,31)/t13-,17-,18+/m1/s1. The summed E-state index contributed by atoms with van der Waals surface area (Å²) in [5.41, 5.74) is -0.693. The third kappa shape index (κ3) is 7.79. The molecule has 2 aromatic carbocycles. The van der Waals surface area contributed by atoms with Crippen molar-refractivity contribution in [1.29, 1.82) is 0 Å². The molecule has 0 aliphatic rings. The number of hydrogen-bond donors (Lipinski definition) is 4. The molecule has 0 bridgehead atoms. The minimum absolute atomic E-state index is 0.118. The van der Waals surface area contributed by atoms with E-state index in [1.165, 1.54) is 13.0 Å². The molecule has 0 heterocycles. The molecule has 0 aromatic heterocycles. The Morgan fingerprint density at radius 2 is 1.61 bits per heavy atom. The van der Waals surface area contributed by atoms with Gasteiger partial charge in [-0.05, 0) is 24.1 Å². The lowest BCUT2D eigenvalue weighted by molar-refractivity contribution is -0.143. The summed E-state index contributed by atoms with van der Waals surface area (Å²) in [5, 5.41) is 23.5. The van der Waals surface area contributed by atoms with E-state index in [9.17, 15) is 37.8 Å². The second kappa shape index (κ2) is 11.3. The number of hydrogen-bond acceptors (Lipinski definition) is 5. The van der Waals surface area contributed by atoms with Gasteiger partial charge < -0.3 is 25.6 Å². The van der Waals surface area contributed by atoms with E-state index in [1.807, 2.05) is 0 Å². The van der Waals surface area contributed by atoms with Gasteiger partial charge >= 0.3 is 18.2 Å². The molecule has 0 unspecified atom stereocenters. The summed E-state index contributed by atoms with van der Waals surface area (Å²) in [5.74, 6) is -2.69. The fraction of sp³-hybridized carbons (Fsp3) is 0.318. The number of carbonyl (C=O) groups excluding carboxylic acids is 2. The van der Waals surface area contributed by atoms with E-state index in [1.54, 1.807) is 30.3 Å². The van der Waals surface area contributed by atoms with Crippen LogP contribution in [-0.4, -0.2) is 46.4 Å². The SMILES string of the molecule is C[C@@H](O)[C@H](NC(=O)OCc1ccccc1)C(=O)N[C@H](Cc1ccccc1C(F)(F)F)C(=O)O. The van der Waals surface area contributed by atoms with Crippen molar-refractivity contribution in [2.24, 2.45) is 0 Å². The number of aliphatic hydroxyl groups excluding tert-OH is 1. The first-order valence-electron chi connectivity index (χ1n) is 9.82. The molecule has 0 aliphatic carbocycles. The van der Waals surface area contributed by atoms with Crippen LogP contribution < -0.4 is 10.6 Å². The molecular formula is C22H23F3N2O6. The Morgan fingerprint density at radius 3 is 2.18 bits per heavy atom. The van der Waals surface area contributed by atoms with Gasteiger partial charge in [-0.25, -0.2) is 9.59 Å². The molecule has 0 radical (unpaired) electrons. The maximum atomic E-state index is 13.2. The number of aliphatic hydroxyl groups is 1. The second-order valence-electron chi connectivity index (χ2n) is 7.18. The van der Waals surface area contributed by atoms with E-state index >= 15 is 0 Å². The quantitative estimate of drug-likeness (QED) is 0.448. The fourth-order valence-electron chi connectivity index (χ4n) is 2.95. The van der Waals surface area contributed by atoms with Crippen LogP contribution in [0.4, 0.5) is 18.0 Å². The number of carboxylic acid groups (broad SMARTS) is 1. The van der Waals surface area contributed by atoms with Crippen LogP contribution in [-0.2, 0) is 33.5 Å². The first-order valence-corrected chi connectivity index (χ1v) is 9.82. The molecule has 33 heavy (non-hydrogen) atoms. The zero-order chi connectivity index (χ0) is 24.6. The number of nitrogens with one attached hydrogen (secondary N) is 2. The van der Waals surface area contributed by atoms with Crippen molar-refractivity contribution in [2.45, 2.75) is 44.3 Å². The van der Waals surface area contributed by atoms with Gasteiger partial charge in [-0.1, -0.05) is 48.5 Å². The molecule has 0 saturated heterocycles. The van der Waals surface area contributed by atoms with E-state index in [4.69, 9.17) is 4.74 Å². The first-order chi connectivity index (χ1) is 15.5. The number of amides is 2. The van der Waals surface area contributed by atoms with Crippen molar-refractivity contribution in [2.75, 3.05) is 0 Å². The van der Waals surface area contributed by atoms with Gasteiger partial charge in [0.05, 0.1) is 11.7 Å². The number of benzene rings is 2. The van der Waals surface area contributed by atoms with Crippen molar-refractivity contribution in [3.05, 3.63) is 71.3 Å². The van der Waals surface area contributed by atoms with Crippen LogP contribution in [0.1, 0.15) is 23.6 Å². The molecule has 0 fully saturated rings. The summed E-state index contributed by atoms with van der Waals surface area (Å²) in [6.07, 6.45) is -7.88. The number of ether oxygens (including phenoxy) is 1. The molecular weight excluding hydrogens is 445 g/mol. The predicted octanol–water partition coefficient (Wildman–Crippen LogP) is 2.49. The average Bonchev–Trinajstić information content (AvgIpc) is 2.75. The largest absolute Gasteiger partial charge is 0.480 e. The zero-order valence-corrected chi connectivity index (χ0v) is 17.5. The number of aliphatic carboxylic acids is 1. The van der Waals surface area contributed by atoms with Crippen LogP contribution in [0, 0.1) is 0 Å². The molecule has 2 aromatic rings. The summed E-state index contributed by atoms with van der Waals surface area (Å²) < 4.78 is 44.6. The highest BCUT2D eigenvalue weighted by atomic mass is 19.4. The number of alkyl halides is 3. The van der Waals surface area contributed by atoms with Crippen molar-refractivity contribution in [1.82, 2.24) is 10.6 Å². The van der Waals surface area contributed by atoms with Crippen LogP contribution >= 0.6 is 0 Å². The van der Waals surface area contributed by atoms with E-state index in [2.05, 4.69) is 10.6 Å². The Balaban J connectivity index is 2.07. The number of carboxylic acids is 1. The predicted molar refractivity (Wildman–Crippen MR) is 110 cm³/mol. The molecule has 178 valence electrons. The monoisotopic (exact) mass is 468 g/mol. The number of halogens is 3. The van der Waals surface area contributed by atoms with E-state index in [-0.39, 0.29) is 12.2 Å². The maximum Gasteiger partial charge on any atom is 0.416 e. The molecule has 8 nitrogen and oxygen atoms in total. The van der Waals surface area contributed by atoms with E-state index in [0.717, 1.165) is 18.2 Å². The third-order valence-electron chi connectivity index (χ3n) is 4.61. The topological polar surface area (TPSA) is 125 Å². The average molecular weight is 468 g/mol. The Morgan fingerprint density at radius 1 is 1.00 bits per heavy atom. The minimum Gasteiger partial charge on any atom is -0.480 e. The van der Waals surface area contributed by atoms with E-state index < -0.39 is 54.3 Å². The van der Waals surface area contributed by atoms with Crippen LogP contribution in [0.25, 0.3) is 0 Å². The lowest BCUT2D eigenvalue weighted by Gasteiger charge is -2.23. The Bertz CT molecular complexity index is 966. The van der Waals surface area contributed by atoms with Crippen LogP contribution in [0.3, 0.4) is 0 Å². The molecule has 11 heteroatoms. The summed E-state index contributed by atoms with van der Waals surface area (Å²) in [6.45, 7) is 1.06. The Hall–Kier alpha value is -3.60. The van der Waals surface area contributed by atoms with Crippen molar-refractivity contribution in [3.8, 4) is 0 Å². The highest BCUT2D eigenvalue weighted by Crippen LogP contribution is 2.32. The molecule has 0 spiro atoms. The molecule has 4 N–H and O–H groups in total. The normalized spacial score (nSPS) is 14.0. The molecule has 3 atom stereocenters. The summed E-state index contributed by atoms with van der Waals surface area (Å²) in [4.78, 5) is 36.2. The number of carbonyl (C=O) groups is 3. The van der Waals surface area contributed by atoms with Crippen molar-refractivity contribution in [3.63, 3.8) is 0 Å². The van der Waals surface area contributed by atoms with Gasteiger partial charge in [0.2, 0.25) is 5.91 Å². The van der Waals surface area contributed by atoms with Gasteiger partial charge in [0, 0.05) is 6.42 Å². The van der Waals surface area contributed by atoms with Crippen LogP contribution in [0.2, 0.25) is 0 Å². The highest BCUT2D eigenvalue weighted by molar-refractivity contribution is 5.89. The van der Waals surface area contributed by atoms with Crippen LogP contribution in [0.15, 0.2) is 54.6 Å². The Kier molecular flexibility index (Phi) is 8.80. The van der Waals surface area contributed by atoms with E-state index in [0.29, 0.717) is 5.56 Å². The molecule has 2 rings (SSSR count).